The first-order valence-corrected chi connectivity index (χ1v) is 9.84. The molecule has 0 radical (unpaired) electrons. The highest BCUT2D eigenvalue weighted by molar-refractivity contribution is 5.79. The number of fused-ring (bicyclic) bond motifs is 1. The normalized spacial score (nSPS) is 12.0. The molecule has 2 aromatic heterocycles. The van der Waals surface area contributed by atoms with Gasteiger partial charge in [-0.3, -0.25) is 14.2 Å². The Morgan fingerprint density at radius 1 is 1.16 bits per heavy atom. The highest BCUT2D eigenvalue weighted by Crippen LogP contribution is 2.23. The standard InChI is InChI=1S/C23H23N5O3/c1-15-25-19-7-5-4-6-18(19)23(30)28(15)14-20(29)26-21(22-24-12-13-27(22)2)16-8-10-17(31-3)11-9-16/h4-13,21H,14H2,1-3H3,(H,26,29)/t21-/m0/s1. The van der Waals surface area contributed by atoms with Crippen LogP contribution in [0.4, 0.5) is 0 Å². The zero-order valence-electron chi connectivity index (χ0n) is 17.6. The lowest BCUT2D eigenvalue weighted by molar-refractivity contribution is -0.122. The van der Waals surface area contributed by atoms with E-state index in [1.807, 2.05) is 48.1 Å². The Hall–Kier alpha value is -3.94. The summed E-state index contributed by atoms with van der Waals surface area (Å²) in [5.74, 6) is 1.57. The Morgan fingerprint density at radius 3 is 2.58 bits per heavy atom. The molecule has 4 rings (SSSR count). The lowest BCUT2D eigenvalue weighted by atomic mass is 10.1. The third kappa shape index (κ3) is 4.05. The van der Waals surface area contributed by atoms with Crippen molar-refractivity contribution in [1.29, 1.82) is 0 Å². The molecular formula is C23H23N5O3. The minimum atomic E-state index is -0.483. The van der Waals surface area contributed by atoms with Crippen molar-refractivity contribution in [3.05, 3.63) is 88.5 Å². The average Bonchev–Trinajstić information content (AvgIpc) is 3.20. The Morgan fingerprint density at radius 2 is 1.90 bits per heavy atom. The second-order valence-corrected chi connectivity index (χ2v) is 7.24. The number of benzene rings is 2. The number of imidazole rings is 1. The van der Waals surface area contributed by atoms with E-state index in [1.54, 1.807) is 38.4 Å². The van der Waals surface area contributed by atoms with Gasteiger partial charge in [0.1, 0.15) is 30.0 Å². The Balaban J connectivity index is 1.65. The molecule has 8 heteroatoms. The van der Waals surface area contributed by atoms with Crippen molar-refractivity contribution in [3.8, 4) is 5.75 Å². The number of amides is 1. The number of hydrogen-bond acceptors (Lipinski definition) is 5. The molecule has 1 N–H and O–H groups in total. The summed E-state index contributed by atoms with van der Waals surface area (Å²) in [6.45, 7) is 1.58. The van der Waals surface area contributed by atoms with Gasteiger partial charge in [0.25, 0.3) is 5.56 Å². The lowest BCUT2D eigenvalue weighted by Gasteiger charge is -2.20. The third-order valence-corrected chi connectivity index (χ3v) is 5.23. The summed E-state index contributed by atoms with van der Waals surface area (Å²) in [5, 5.41) is 3.50. The number of methoxy groups -OCH3 is 1. The van der Waals surface area contributed by atoms with E-state index in [2.05, 4.69) is 15.3 Å². The summed E-state index contributed by atoms with van der Waals surface area (Å²) in [7, 11) is 3.47. The topological polar surface area (TPSA) is 91.0 Å². The number of nitrogens with zero attached hydrogens (tertiary/aromatic N) is 4. The van der Waals surface area contributed by atoms with E-state index in [0.717, 1.165) is 11.3 Å². The number of rotatable bonds is 6. The van der Waals surface area contributed by atoms with Crippen molar-refractivity contribution in [2.75, 3.05) is 7.11 Å². The van der Waals surface area contributed by atoms with Gasteiger partial charge in [0, 0.05) is 19.4 Å². The van der Waals surface area contributed by atoms with E-state index in [-0.39, 0.29) is 18.0 Å². The van der Waals surface area contributed by atoms with Crippen LogP contribution in [-0.4, -0.2) is 32.1 Å². The number of aromatic nitrogens is 4. The number of nitrogens with one attached hydrogen (secondary N) is 1. The first-order valence-electron chi connectivity index (χ1n) is 9.84. The Labute approximate surface area is 179 Å². The molecule has 0 aliphatic carbocycles. The van der Waals surface area contributed by atoms with Gasteiger partial charge in [-0.15, -0.1) is 0 Å². The molecule has 1 atom stereocenters. The van der Waals surface area contributed by atoms with Crippen LogP contribution in [0.15, 0.2) is 65.7 Å². The van der Waals surface area contributed by atoms with Crippen molar-refractivity contribution < 1.29 is 9.53 Å². The first-order chi connectivity index (χ1) is 15.0. The summed E-state index contributed by atoms with van der Waals surface area (Å²) in [6.07, 6.45) is 3.50. The molecule has 8 nitrogen and oxygen atoms in total. The largest absolute Gasteiger partial charge is 0.497 e. The summed E-state index contributed by atoms with van der Waals surface area (Å²) in [6, 6.07) is 14.1. The fraction of sp³-hybridized carbons (Fsp3) is 0.217. The van der Waals surface area contributed by atoms with E-state index in [4.69, 9.17) is 4.74 Å². The number of aryl methyl sites for hydroxylation is 2. The summed E-state index contributed by atoms with van der Waals surface area (Å²) < 4.78 is 8.47. The lowest BCUT2D eigenvalue weighted by Crippen LogP contribution is -2.37. The molecule has 0 saturated heterocycles. The number of hydrogen-bond donors (Lipinski definition) is 1. The summed E-state index contributed by atoms with van der Waals surface area (Å²) in [5.41, 5.74) is 1.23. The SMILES string of the molecule is COc1ccc([C@H](NC(=O)Cn2c(C)nc3ccccc3c2=O)c2nccn2C)cc1. The van der Waals surface area contributed by atoms with Crippen molar-refractivity contribution in [2.45, 2.75) is 19.5 Å². The maximum Gasteiger partial charge on any atom is 0.261 e. The molecule has 2 heterocycles. The first kappa shape index (κ1) is 20.3. The minimum absolute atomic E-state index is 0.139. The molecule has 0 spiro atoms. The van der Waals surface area contributed by atoms with E-state index < -0.39 is 6.04 Å². The molecule has 4 aromatic rings. The monoisotopic (exact) mass is 417 g/mol. The molecule has 1 amide bonds. The molecule has 158 valence electrons. The van der Waals surface area contributed by atoms with Crippen molar-refractivity contribution >= 4 is 16.8 Å². The van der Waals surface area contributed by atoms with Crippen LogP contribution >= 0.6 is 0 Å². The van der Waals surface area contributed by atoms with Crippen LogP contribution in [0.1, 0.15) is 23.3 Å². The van der Waals surface area contributed by atoms with Crippen LogP contribution in [0, 0.1) is 6.92 Å². The van der Waals surface area contributed by atoms with Crippen LogP contribution in [0.3, 0.4) is 0 Å². The molecule has 0 aliphatic rings. The number of carbonyl (C=O) groups excluding carboxylic acids is 1. The van der Waals surface area contributed by atoms with Crippen LogP contribution in [0.2, 0.25) is 0 Å². The van der Waals surface area contributed by atoms with Gasteiger partial charge < -0.3 is 14.6 Å². The molecule has 0 fully saturated rings. The van der Waals surface area contributed by atoms with Gasteiger partial charge in [0.15, 0.2) is 0 Å². The molecule has 0 saturated carbocycles. The molecular weight excluding hydrogens is 394 g/mol. The number of ether oxygens (including phenoxy) is 1. The predicted octanol–water partition coefficient (Wildman–Crippen LogP) is 2.35. The predicted molar refractivity (Wildman–Crippen MR) is 117 cm³/mol. The molecule has 2 aromatic carbocycles. The van der Waals surface area contributed by atoms with Gasteiger partial charge in [-0.05, 0) is 36.8 Å². The quantitative estimate of drug-likeness (QED) is 0.520. The maximum atomic E-state index is 13.0. The van der Waals surface area contributed by atoms with E-state index in [1.165, 1.54) is 4.57 Å². The molecule has 0 unspecified atom stereocenters. The van der Waals surface area contributed by atoms with Gasteiger partial charge >= 0.3 is 0 Å². The molecule has 0 aliphatic heterocycles. The van der Waals surface area contributed by atoms with E-state index in [9.17, 15) is 9.59 Å². The van der Waals surface area contributed by atoms with Gasteiger partial charge in [-0.25, -0.2) is 9.97 Å². The zero-order chi connectivity index (χ0) is 22.0. The van der Waals surface area contributed by atoms with Crippen molar-refractivity contribution in [1.82, 2.24) is 24.4 Å². The smallest absolute Gasteiger partial charge is 0.261 e. The number of carbonyl (C=O) groups is 1. The Kier molecular flexibility index (Phi) is 5.53. The fourth-order valence-corrected chi connectivity index (χ4v) is 3.56. The average molecular weight is 417 g/mol. The van der Waals surface area contributed by atoms with Crippen LogP contribution < -0.4 is 15.6 Å². The zero-order valence-corrected chi connectivity index (χ0v) is 17.6. The number of para-hydroxylation sites is 1. The van der Waals surface area contributed by atoms with Gasteiger partial charge in [-0.2, -0.15) is 0 Å². The highest BCUT2D eigenvalue weighted by atomic mass is 16.5. The summed E-state index contributed by atoms with van der Waals surface area (Å²) >= 11 is 0. The van der Waals surface area contributed by atoms with E-state index in [0.29, 0.717) is 22.6 Å². The second kappa shape index (κ2) is 8.43. The van der Waals surface area contributed by atoms with Crippen molar-refractivity contribution in [3.63, 3.8) is 0 Å². The van der Waals surface area contributed by atoms with Gasteiger partial charge in [0.05, 0.1) is 18.0 Å². The van der Waals surface area contributed by atoms with E-state index >= 15 is 0 Å². The summed E-state index contributed by atoms with van der Waals surface area (Å²) in [4.78, 5) is 34.8. The van der Waals surface area contributed by atoms with Crippen LogP contribution in [0.5, 0.6) is 5.75 Å². The fourth-order valence-electron chi connectivity index (χ4n) is 3.56. The second-order valence-electron chi connectivity index (χ2n) is 7.24. The van der Waals surface area contributed by atoms with Crippen LogP contribution in [-0.2, 0) is 18.4 Å². The maximum absolute atomic E-state index is 13.0. The molecule has 0 bridgehead atoms. The third-order valence-electron chi connectivity index (χ3n) is 5.23. The minimum Gasteiger partial charge on any atom is -0.497 e. The van der Waals surface area contributed by atoms with Crippen molar-refractivity contribution in [2.24, 2.45) is 7.05 Å². The highest BCUT2D eigenvalue weighted by Gasteiger charge is 2.22. The van der Waals surface area contributed by atoms with Crippen LogP contribution in [0.25, 0.3) is 10.9 Å². The Bertz CT molecular complexity index is 1290. The van der Waals surface area contributed by atoms with Gasteiger partial charge in [0.2, 0.25) is 5.91 Å². The molecule has 31 heavy (non-hydrogen) atoms. The van der Waals surface area contributed by atoms with Gasteiger partial charge in [-0.1, -0.05) is 24.3 Å².